The van der Waals surface area contributed by atoms with Gasteiger partial charge in [-0.3, -0.25) is 14.6 Å². The minimum atomic E-state index is -4.53. The smallest absolute Gasteiger partial charge is 0.373 e. The minimum absolute atomic E-state index is 0.0976. The zero-order valence-corrected chi connectivity index (χ0v) is 19.5. The molecule has 1 unspecified atom stereocenters. The van der Waals surface area contributed by atoms with Gasteiger partial charge in [0.2, 0.25) is 0 Å². The van der Waals surface area contributed by atoms with Crippen LogP contribution in [0.3, 0.4) is 0 Å². The molecule has 4 rings (SSSR count). The number of carbonyl (C=O) groups is 2. The number of halogens is 3. The van der Waals surface area contributed by atoms with E-state index in [2.05, 4.69) is 10.3 Å². The van der Waals surface area contributed by atoms with Gasteiger partial charge >= 0.3 is 6.18 Å². The third-order valence-electron chi connectivity index (χ3n) is 6.57. The number of nitrogens with zero attached hydrogens (tertiary/aromatic N) is 3. The van der Waals surface area contributed by atoms with Gasteiger partial charge in [-0.15, -0.1) is 0 Å². The standard InChI is InChI=1S/C24H29F3N4O3/c1-14(2)21(16-6-7-20(28-12-16)24(25,26)27)29-22(32)17-11-18(31-9-10-34-13-19(17)31)23(33)30-8-4-5-15(30)3/h6-7,11-12,14-15,21H,4-5,8-10,13H2,1-3H3,(H,29,32)/t15-,21?/m0/s1. The summed E-state index contributed by atoms with van der Waals surface area (Å²) in [4.78, 5) is 32.0. The van der Waals surface area contributed by atoms with Crippen LogP contribution in [0.15, 0.2) is 24.4 Å². The Balaban J connectivity index is 1.61. The fraction of sp³-hybridized carbons (Fsp3) is 0.542. The summed E-state index contributed by atoms with van der Waals surface area (Å²) in [7, 11) is 0. The summed E-state index contributed by atoms with van der Waals surface area (Å²) in [5.74, 6) is -0.607. The molecule has 2 aromatic heterocycles. The van der Waals surface area contributed by atoms with Crippen molar-refractivity contribution < 1.29 is 27.5 Å². The summed E-state index contributed by atoms with van der Waals surface area (Å²) in [5, 5.41) is 2.93. The van der Waals surface area contributed by atoms with Gasteiger partial charge in [0, 0.05) is 25.3 Å². The van der Waals surface area contributed by atoms with Crippen molar-refractivity contribution in [1.29, 1.82) is 0 Å². The van der Waals surface area contributed by atoms with E-state index in [4.69, 9.17) is 4.74 Å². The van der Waals surface area contributed by atoms with Gasteiger partial charge < -0.3 is 19.5 Å². The maximum Gasteiger partial charge on any atom is 0.433 e. The third-order valence-corrected chi connectivity index (χ3v) is 6.57. The van der Waals surface area contributed by atoms with Crippen LogP contribution in [-0.4, -0.2) is 45.5 Å². The van der Waals surface area contributed by atoms with Gasteiger partial charge in [0.15, 0.2) is 0 Å². The molecular formula is C24H29F3N4O3. The number of nitrogens with one attached hydrogen (secondary N) is 1. The topological polar surface area (TPSA) is 76.5 Å². The van der Waals surface area contributed by atoms with Gasteiger partial charge in [0.1, 0.15) is 11.4 Å². The van der Waals surface area contributed by atoms with Crippen molar-refractivity contribution in [3.63, 3.8) is 0 Å². The van der Waals surface area contributed by atoms with Crippen LogP contribution in [0.5, 0.6) is 0 Å². The largest absolute Gasteiger partial charge is 0.433 e. The number of pyridine rings is 1. The van der Waals surface area contributed by atoms with Gasteiger partial charge in [-0.25, -0.2) is 0 Å². The van der Waals surface area contributed by atoms with E-state index in [1.807, 2.05) is 30.2 Å². The Hall–Kier alpha value is -2.88. The summed E-state index contributed by atoms with van der Waals surface area (Å²) in [6.07, 6.45) is -1.48. The Kier molecular flexibility index (Phi) is 6.71. The molecule has 184 valence electrons. The SMILES string of the molecule is CC(C)C(NC(=O)c1cc(C(=O)N2CCC[C@@H]2C)n2c1COCC2)c1ccc(C(F)(F)F)nc1. The highest BCUT2D eigenvalue weighted by atomic mass is 19.4. The van der Waals surface area contributed by atoms with Gasteiger partial charge in [-0.1, -0.05) is 19.9 Å². The molecule has 0 aromatic carbocycles. The number of ether oxygens (including phenoxy) is 1. The number of hydrogen-bond acceptors (Lipinski definition) is 4. The predicted molar refractivity (Wildman–Crippen MR) is 118 cm³/mol. The summed E-state index contributed by atoms with van der Waals surface area (Å²) < 4.78 is 46.1. The van der Waals surface area contributed by atoms with E-state index >= 15 is 0 Å². The summed E-state index contributed by atoms with van der Waals surface area (Å²) >= 11 is 0. The Labute approximate surface area is 196 Å². The highest BCUT2D eigenvalue weighted by Gasteiger charge is 2.34. The fourth-order valence-electron chi connectivity index (χ4n) is 4.69. The molecular weight excluding hydrogens is 449 g/mol. The van der Waals surface area contributed by atoms with Gasteiger partial charge in [-0.05, 0) is 43.4 Å². The first-order valence-corrected chi connectivity index (χ1v) is 11.5. The normalized spacial score (nSPS) is 19.3. The summed E-state index contributed by atoms with van der Waals surface area (Å²) in [6.45, 7) is 7.57. The summed E-state index contributed by atoms with van der Waals surface area (Å²) in [5.41, 5.74) is 0.938. The molecule has 34 heavy (non-hydrogen) atoms. The molecule has 1 N–H and O–H groups in total. The average molecular weight is 479 g/mol. The van der Waals surface area contributed by atoms with Crippen LogP contribution in [-0.2, 0) is 24.1 Å². The van der Waals surface area contributed by atoms with Crippen molar-refractivity contribution >= 4 is 11.8 Å². The Bertz CT molecular complexity index is 1060. The number of rotatable bonds is 5. The van der Waals surface area contributed by atoms with Crippen LogP contribution in [0.25, 0.3) is 0 Å². The van der Waals surface area contributed by atoms with E-state index in [1.54, 1.807) is 6.07 Å². The lowest BCUT2D eigenvalue weighted by atomic mass is 9.96. The number of likely N-dealkylation sites (tertiary alicyclic amines) is 1. The Morgan fingerprint density at radius 1 is 1.24 bits per heavy atom. The van der Waals surface area contributed by atoms with Crippen molar-refractivity contribution in [1.82, 2.24) is 19.8 Å². The molecule has 0 bridgehead atoms. The van der Waals surface area contributed by atoms with Crippen LogP contribution in [0, 0.1) is 5.92 Å². The van der Waals surface area contributed by atoms with Crippen LogP contribution in [0.1, 0.15) is 77.5 Å². The van der Waals surface area contributed by atoms with E-state index in [0.717, 1.165) is 25.1 Å². The Morgan fingerprint density at radius 2 is 2.00 bits per heavy atom. The van der Waals surface area contributed by atoms with E-state index in [9.17, 15) is 22.8 Å². The maximum absolute atomic E-state index is 13.3. The number of hydrogen-bond donors (Lipinski definition) is 1. The van der Waals surface area contributed by atoms with Crippen LogP contribution in [0.2, 0.25) is 0 Å². The quantitative estimate of drug-likeness (QED) is 0.700. The van der Waals surface area contributed by atoms with Gasteiger partial charge in [0.05, 0.1) is 30.5 Å². The molecule has 0 aliphatic carbocycles. The molecule has 2 atom stereocenters. The molecule has 1 fully saturated rings. The van der Waals surface area contributed by atoms with Gasteiger partial charge in [-0.2, -0.15) is 13.2 Å². The zero-order chi connectivity index (χ0) is 24.6. The molecule has 7 nitrogen and oxygen atoms in total. The molecule has 2 aromatic rings. The highest BCUT2D eigenvalue weighted by Crippen LogP contribution is 2.30. The number of fused-ring (bicyclic) bond motifs is 1. The Morgan fingerprint density at radius 3 is 2.59 bits per heavy atom. The number of aromatic nitrogens is 2. The first kappa shape index (κ1) is 24.3. The van der Waals surface area contributed by atoms with Crippen molar-refractivity contribution in [3.8, 4) is 0 Å². The number of amides is 2. The van der Waals surface area contributed by atoms with E-state index in [1.165, 1.54) is 6.07 Å². The van der Waals surface area contributed by atoms with Crippen molar-refractivity contribution in [3.05, 3.63) is 52.6 Å². The number of alkyl halides is 3. The zero-order valence-electron chi connectivity index (χ0n) is 19.5. The molecule has 2 aliphatic rings. The predicted octanol–water partition coefficient (Wildman–Crippen LogP) is 4.18. The molecule has 10 heteroatoms. The lowest BCUT2D eigenvalue weighted by Crippen LogP contribution is -2.35. The van der Waals surface area contributed by atoms with Crippen molar-refractivity contribution in [2.45, 2.75) is 65.0 Å². The molecule has 2 aliphatic heterocycles. The lowest BCUT2D eigenvalue weighted by molar-refractivity contribution is -0.141. The fourth-order valence-corrected chi connectivity index (χ4v) is 4.69. The number of carbonyl (C=O) groups excluding carboxylic acids is 2. The molecule has 2 amide bonds. The molecule has 0 radical (unpaired) electrons. The van der Waals surface area contributed by atoms with Crippen LogP contribution >= 0.6 is 0 Å². The van der Waals surface area contributed by atoms with E-state index < -0.39 is 23.8 Å². The first-order chi connectivity index (χ1) is 16.1. The average Bonchev–Trinajstić information content (AvgIpc) is 3.40. The molecule has 0 saturated carbocycles. The first-order valence-electron chi connectivity index (χ1n) is 11.5. The second-order valence-electron chi connectivity index (χ2n) is 9.25. The monoisotopic (exact) mass is 478 g/mol. The van der Waals surface area contributed by atoms with Crippen LogP contribution < -0.4 is 5.32 Å². The van der Waals surface area contributed by atoms with E-state index in [0.29, 0.717) is 42.2 Å². The highest BCUT2D eigenvalue weighted by molar-refractivity contribution is 6.01. The third kappa shape index (κ3) is 4.68. The molecule has 0 spiro atoms. The van der Waals surface area contributed by atoms with Crippen molar-refractivity contribution in [2.75, 3.05) is 13.2 Å². The second-order valence-corrected chi connectivity index (χ2v) is 9.25. The molecule has 1 saturated heterocycles. The van der Waals surface area contributed by atoms with Gasteiger partial charge in [0.25, 0.3) is 11.8 Å². The lowest BCUT2D eigenvalue weighted by Gasteiger charge is -2.25. The summed E-state index contributed by atoms with van der Waals surface area (Å²) in [6, 6.07) is 3.46. The van der Waals surface area contributed by atoms with E-state index in [-0.39, 0.29) is 24.5 Å². The molecule has 4 heterocycles. The maximum atomic E-state index is 13.3. The van der Waals surface area contributed by atoms with Crippen LogP contribution in [0.4, 0.5) is 13.2 Å². The van der Waals surface area contributed by atoms with Crippen molar-refractivity contribution in [2.24, 2.45) is 5.92 Å². The second kappa shape index (κ2) is 9.40. The minimum Gasteiger partial charge on any atom is -0.373 e.